The molecule has 0 saturated carbocycles. The molecule has 1 heterocycles. The van der Waals surface area contributed by atoms with Gasteiger partial charge in [0.15, 0.2) is 0 Å². The molecule has 154 valence electrons. The summed E-state index contributed by atoms with van der Waals surface area (Å²) in [5, 5.41) is 34.6. The first-order valence-electron chi connectivity index (χ1n) is 10.3. The van der Waals surface area contributed by atoms with Gasteiger partial charge in [-0.3, -0.25) is 0 Å². The highest BCUT2D eigenvalue weighted by Crippen LogP contribution is 2.47. The first kappa shape index (κ1) is 18.3. The topological polar surface area (TPSA) is 73.8 Å². The summed E-state index contributed by atoms with van der Waals surface area (Å²) in [7, 11) is 0. The van der Waals surface area contributed by atoms with Crippen molar-refractivity contribution in [3.8, 4) is 39.7 Å². The molecule has 0 bridgehead atoms. The van der Waals surface area contributed by atoms with Crippen LogP contribution in [0.4, 0.5) is 0 Å². The number of phenols is 3. The SMILES string of the molecule is Oc1ccc(-c2oc3c4ccc(O)cc4c4ccccc4c3c2-c2ccc(O)cc2)cc1. The van der Waals surface area contributed by atoms with E-state index in [4.69, 9.17) is 4.42 Å². The summed E-state index contributed by atoms with van der Waals surface area (Å²) in [4.78, 5) is 0. The Morgan fingerprint density at radius 3 is 1.78 bits per heavy atom. The van der Waals surface area contributed by atoms with Crippen molar-refractivity contribution in [3.05, 3.63) is 91.0 Å². The molecule has 0 spiro atoms. The summed E-state index contributed by atoms with van der Waals surface area (Å²) in [5.41, 5.74) is 3.38. The fraction of sp³-hybridized carbons (Fsp3) is 0. The highest BCUT2D eigenvalue weighted by atomic mass is 16.3. The molecule has 0 fully saturated rings. The van der Waals surface area contributed by atoms with Gasteiger partial charge in [0.05, 0.1) is 0 Å². The van der Waals surface area contributed by atoms with Gasteiger partial charge in [0, 0.05) is 21.9 Å². The summed E-state index contributed by atoms with van der Waals surface area (Å²) in [6.07, 6.45) is 0. The molecule has 0 aliphatic rings. The molecule has 4 heteroatoms. The molecule has 32 heavy (non-hydrogen) atoms. The monoisotopic (exact) mass is 418 g/mol. The molecular weight excluding hydrogens is 400 g/mol. The van der Waals surface area contributed by atoms with Gasteiger partial charge >= 0.3 is 0 Å². The Labute approximate surface area is 183 Å². The number of benzene rings is 5. The zero-order valence-electron chi connectivity index (χ0n) is 16.9. The highest BCUT2D eigenvalue weighted by Gasteiger charge is 2.22. The van der Waals surface area contributed by atoms with Gasteiger partial charge in [-0.15, -0.1) is 0 Å². The van der Waals surface area contributed by atoms with Crippen LogP contribution in [0.2, 0.25) is 0 Å². The smallest absolute Gasteiger partial charge is 0.143 e. The lowest BCUT2D eigenvalue weighted by Gasteiger charge is -2.09. The second kappa shape index (κ2) is 6.79. The van der Waals surface area contributed by atoms with Gasteiger partial charge in [-0.1, -0.05) is 36.4 Å². The van der Waals surface area contributed by atoms with Gasteiger partial charge in [-0.05, 0) is 76.3 Å². The third-order valence-corrected chi connectivity index (χ3v) is 5.93. The zero-order valence-corrected chi connectivity index (χ0v) is 16.9. The fourth-order valence-corrected chi connectivity index (χ4v) is 4.49. The molecule has 0 aliphatic heterocycles. The number of fused-ring (bicyclic) bond motifs is 6. The summed E-state index contributed by atoms with van der Waals surface area (Å²) in [5.74, 6) is 1.25. The minimum Gasteiger partial charge on any atom is -0.508 e. The maximum Gasteiger partial charge on any atom is 0.143 e. The largest absolute Gasteiger partial charge is 0.508 e. The lowest BCUT2D eigenvalue weighted by molar-refractivity contribution is 0.475. The number of hydrogen-bond acceptors (Lipinski definition) is 4. The molecule has 6 aromatic rings. The molecular formula is C28H18O4. The lowest BCUT2D eigenvalue weighted by atomic mass is 9.92. The Balaban J connectivity index is 1.85. The molecule has 4 nitrogen and oxygen atoms in total. The lowest BCUT2D eigenvalue weighted by Crippen LogP contribution is -1.84. The van der Waals surface area contributed by atoms with Crippen LogP contribution in [0.1, 0.15) is 0 Å². The highest BCUT2D eigenvalue weighted by molar-refractivity contribution is 6.28. The first-order valence-corrected chi connectivity index (χ1v) is 10.3. The van der Waals surface area contributed by atoms with E-state index < -0.39 is 0 Å². The van der Waals surface area contributed by atoms with E-state index in [1.165, 1.54) is 0 Å². The first-order chi connectivity index (χ1) is 15.6. The van der Waals surface area contributed by atoms with Gasteiger partial charge in [0.2, 0.25) is 0 Å². The molecule has 0 saturated heterocycles. The normalized spacial score (nSPS) is 11.5. The van der Waals surface area contributed by atoms with Gasteiger partial charge in [-0.25, -0.2) is 0 Å². The molecule has 0 amide bonds. The predicted octanol–water partition coefficient (Wildman–Crippen LogP) is 7.19. The van der Waals surface area contributed by atoms with Gasteiger partial charge < -0.3 is 19.7 Å². The average molecular weight is 418 g/mol. The summed E-state index contributed by atoms with van der Waals surface area (Å²) >= 11 is 0. The van der Waals surface area contributed by atoms with E-state index in [0.29, 0.717) is 5.76 Å². The van der Waals surface area contributed by atoms with Gasteiger partial charge in [0.1, 0.15) is 28.6 Å². The second-order valence-electron chi connectivity index (χ2n) is 7.88. The summed E-state index contributed by atoms with van der Waals surface area (Å²) in [6.45, 7) is 0. The van der Waals surface area contributed by atoms with Crippen LogP contribution in [0.3, 0.4) is 0 Å². The Morgan fingerprint density at radius 2 is 1.09 bits per heavy atom. The van der Waals surface area contributed by atoms with E-state index in [-0.39, 0.29) is 17.2 Å². The molecule has 3 N–H and O–H groups in total. The standard InChI is InChI=1S/C28H18O4/c29-18-9-5-16(6-10-18)25-26-22-4-2-1-3-21(22)24-15-20(31)13-14-23(24)28(26)32-27(25)17-7-11-19(30)12-8-17/h1-15,29-31H. The minimum atomic E-state index is 0.183. The van der Waals surface area contributed by atoms with E-state index in [2.05, 4.69) is 6.07 Å². The molecule has 1 aromatic heterocycles. The molecule has 0 atom stereocenters. The Bertz CT molecular complexity index is 1630. The summed E-state index contributed by atoms with van der Waals surface area (Å²) < 4.78 is 6.55. The van der Waals surface area contributed by atoms with Crippen LogP contribution in [0, 0.1) is 0 Å². The maximum atomic E-state index is 10.2. The van der Waals surface area contributed by atoms with Crippen LogP contribution in [0.5, 0.6) is 17.2 Å². The molecule has 0 radical (unpaired) electrons. The van der Waals surface area contributed by atoms with Crippen LogP contribution in [-0.4, -0.2) is 15.3 Å². The van der Waals surface area contributed by atoms with Crippen LogP contribution in [0.25, 0.3) is 55.0 Å². The number of rotatable bonds is 2. The number of furan rings is 1. The van der Waals surface area contributed by atoms with Crippen molar-refractivity contribution in [1.82, 2.24) is 0 Å². The summed E-state index contributed by atoms with van der Waals surface area (Å²) in [6, 6.07) is 27.4. The maximum absolute atomic E-state index is 10.2. The van der Waals surface area contributed by atoms with Crippen LogP contribution in [-0.2, 0) is 0 Å². The van der Waals surface area contributed by atoms with Gasteiger partial charge in [-0.2, -0.15) is 0 Å². The van der Waals surface area contributed by atoms with Crippen molar-refractivity contribution in [3.63, 3.8) is 0 Å². The van der Waals surface area contributed by atoms with Crippen molar-refractivity contribution in [1.29, 1.82) is 0 Å². The van der Waals surface area contributed by atoms with Crippen molar-refractivity contribution in [2.45, 2.75) is 0 Å². The predicted molar refractivity (Wildman–Crippen MR) is 127 cm³/mol. The molecule has 0 unspecified atom stereocenters. The van der Waals surface area contributed by atoms with E-state index >= 15 is 0 Å². The number of hydrogen-bond donors (Lipinski definition) is 3. The van der Waals surface area contributed by atoms with E-state index in [1.807, 2.05) is 48.5 Å². The van der Waals surface area contributed by atoms with Crippen molar-refractivity contribution >= 4 is 32.5 Å². The van der Waals surface area contributed by atoms with Crippen LogP contribution in [0.15, 0.2) is 95.4 Å². The molecule has 0 aliphatic carbocycles. The van der Waals surface area contributed by atoms with E-state index in [0.717, 1.165) is 49.2 Å². The third-order valence-electron chi connectivity index (χ3n) is 5.93. The van der Waals surface area contributed by atoms with Crippen LogP contribution >= 0.6 is 0 Å². The molecule has 5 aromatic carbocycles. The van der Waals surface area contributed by atoms with Crippen LogP contribution < -0.4 is 0 Å². The second-order valence-corrected chi connectivity index (χ2v) is 7.88. The average Bonchev–Trinajstić information content (AvgIpc) is 3.21. The Kier molecular flexibility index (Phi) is 3.89. The van der Waals surface area contributed by atoms with E-state index in [9.17, 15) is 15.3 Å². The van der Waals surface area contributed by atoms with Gasteiger partial charge in [0.25, 0.3) is 0 Å². The van der Waals surface area contributed by atoms with Crippen molar-refractivity contribution in [2.75, 3.05) is 0 Å². The Morgan fingerprint density at radius 1 is 0.500 bits per heavy atom. The number of aromatic hydroxyl groups is 3. The Hall–Kier alpha value is -4.44. The third kappa shape index (κ3) is 2.70. The fourth-order valence-electron chi connectivity index (χ4n) is 4.49. The molecule has 6 rings (SSSR count). The minimum absolute atomic E-state index is 0.183. The quantitative estimate of drug-likeness (QED) is 0.260. The van der Waals surface area contributed by atoms with E-state index in [1.54, 1.807) is 36.4 Å². The number of phenolic OH excluding ortho intramolecular Hbond substituents is 3. The van der Waals surface area contributed by atoms with Crippen molar-refractivity contribution < 1.29 is 19.7 Å². The zero-order chi connectivity index (χ0) is 21.8. The van der Waals surface area contributed by atoms with Crippen molar-refractivity contribution in [2.24, 2.45) is 0 Å².